The first-order chi connectivity index (χ1) is 16.3. The fraction of sp³-hybridized carbons (Fsp3) is 0.148. The van der Waals surface area contributed by atoms with Crippen molar-refractivity contribution in [2.45, 2.75) is 20.8 Å². The molecule has 0 aromatic heterocycles. The fourth-order valence-electron chi connectivity index (χ4n) is 3.14. The fourth-order valence-corrected chi connectivity index (χ4v) is 3.65. The van der Waals surface area contributed by atoms with Gasteiger partial charge in [-0.2, -0.15) is 5.26 Å². The van der Waals surface area contributed by atoms with Gasteiger partial charge in [-0.3, -0.25) is 9.59 Å². The predicted octanol–water partition coefficient (Wildman–Crippen LogP) is 5.94. The molecule has 34 heavy (non-hydrogen) atoms. The Morgan fingerprint density at radius 1 is 0.971 bits per heavy atom. The number of halogens is 1. The van der Waals surface area contributed by atoms with Gasteiger partial charge in [0.15, 0.2) is 6.61 Å². The summed E-state index contributed by atoms with van der Waals surface area (Å²) >= 11 is 3.43. The van der Waals surface area contributed by atoms with E-state index in [0.29, 0.717) is 21.5 Å². The molecule has 0 unspecified atom stereocenters. The second kappa shape index (κ2) is 11.3. The molecule has 0 aliphatic carbocycles. The van der Waals surface area contributed by atoms with Crippen LogP contribution in [0.15, 0.2) is 70.7 Å². The number of anilines is 2. The SMILES string of the molecule is Cc1ccc(C)c(NC(=O)COc2ccc(/C=C(/C#N)C(=O)Nc3ccccc3C)cc2Br)c1. The third-order valence-electron chi connectivity index (χ3n) is 5.05. The Hall–Kier alpha value is -3.89. The molecule has 0 radical (unpaired) electrons. The number of nitrogens with one attached hydrogen (secondary N) is 2. The maximum Gasteiger partial charge on any atom is 0.266 e. The lowest BCUT2D eigenvalue weighted by Crippen LogP contribution is -2.20. The molecule has 7 heteroatoms. The van der Waals surface area contributed by atoms with E-state index >= 15 is 0 Å². The van der Waals surface area contributed by atoms with E-state index in [2.05, 4.69) is 26.6 Å². The summed E-state index contributed by atoms with van der Waals surface area (Å²) in [5.41, 5.74) is 4.93. The molecule has 0 atom stereocenters. The van der Waals surface area contributed by atoms with E-state index in [9.17, 15) is 14.9 Å². The zero-order valence-corrected chi connectivity index (χ0v) is 20.7. The quantitative estimate of drug-likeness (QED) is 0.299. The molecule has 0 heterocycles. The number of rotatable bonds is 7. The first kappa shape index (κ1) is 24.7. The number of nitriles is 1. The highest BCUT2D eigenvalue weighted by molar-refractivity contribution is 9.10. The molecule has 0 saturated heterocycles. The summed E-state index contributed by atoms with van der Waals surface area (Å²) in [6.07, 6.45) is 1.50. The summed E-state index contributed by atoms with van der Waals surface area (Å²) in [5.74, 6) is -0.295. The molecule has 172 valence electrons. The van der Waals surface area contributed by atoms with Gasteiger partial charge in [-0.15, -0.1) is 0 Å². The Bertz CT molecular complexity index is 1310. The normalized spacial score (nSPS) is 10.9. The number of carbonyl (C=O) groups is 2. The Kier molecular flexibility index (Phi) is 8.23. The number of benzene rings is 3. The molecule has 6 nitrogen and oxygen atoms in total. The molecule has 0 fully saturated rings. The maximum absolute atomic E-state index is 12.5. The van der Waals surface area contributed by atoms with Gasteiger partial charge in [-0.25, -0.2) is 0 Å². The molecule has 0 aliphatic rings. The lowest BCUT2D eigenvalue weighted by Gasteiger charge is -2.11. The van der Waals surface area contributed by atoms with Crippen molar-refractivity contribution in [1.82, 2.24) is 0 Å². The van der Waals surface area contributed by atoms with Crippen LogP contribution in [0.1, 0.15) is 22.3 Å². The van der Waals surface area contributed by atoms with E-state index in [1.165, 1.54) is 6.08 Å². The second-order valence-electron chi connectivity index (χ2n) is 7.78. The average Bonchev–Trinajstić information content (AvgIpc) is 2.80. The highest BCUT2D eigenvalue weighted by Crippen LogP contribution is 2.27. The van der Waals surface area contributed by atoms with E-state index in [4.69, 9.17) is 4.74 Å². The summed E-state index contributed by atoms with van der Waals surface area (Å²) in [6.45, 7) is 5.60. The monoisotopic (exact) mass is 517 g/mol. The van der Waals surface area contributed by atoms with Crippen molar-refractivity contribution in [2.75, 3.05) is 17.2 Å². The lowest BCUT2D eigenvalue weighted by molar-refractivity contribution is -0.118. The van der Waals surface area contributed by atoms with Crippen LogP contribution in [0.25, 0.3) is 6.08 Å². The third kappa shape index (κ3) is 6.56. The molecule has 2 amide bonds. The van der Waals surface area contributed by atoms with E-state index < -0.39 is 5.91 Å². The number of aryl methyl sites for hydroxylation is 3. The Morgan fingerprint density at radius 3 is 2.41 bits per heavy atom. The van der Waals surface area contributed by atoms with Crippen LogP contribution in [-0.4, -0.2) is 18.4 Å². The van der Waals surface area contributed by atoms with Crippen LogP contribution >= 0.6 is 15.9 Å². The average molecular weight is 518 g/mol. The summed E-state index contributed by atoms with van der Waals surface area (Å²) in [7, 11) is 0. The van der Waals surface area contributed by atoms with Crippen LogP contribution in [0.3, 0.4) is 0 Å². The van der Waals surface area contributed by atoms with E-state index in [1.54, 1.807) is 24.3 Å². The molecular weight excluding hydrogens is 494 g/mol. The van der Waals surface area contributed by atoms with Crippen molar-refractivity contribution >= 4 is 45.2 Å². The number of nitrogens with zero attached hydrogens (tertiary/aromatic N) is 1. The predicted molar refractivity (Wildman–Crippen MR) is 138 cm³/mol. The molecule has 2 N–H and O–H groups in total. The van der Waals surface area contributed by atoms with Gasteiger partial charge in [0.05, 0.1) is 4.47 Å². The molecule has 0 saturated carbocycles. The number of ether oxygens (including phenoxy) is 1. The molecule has 0 aliphatic heterocycles. The zero-order valence-electron chi connectivity index (χ0n) is 19.1. The van der Waals surface area contributed by atoms with E-state index in [-0.39, 0.29) is 18.1 Å². The van der Waals surface area contributed by atoms with Crippen LogP contribution < -0.4 is 15.4 Å². The topological polar surface area (TPSA) is 91.2 Å². The van der Waals surface area contributed by atoms with Crippen LogP contribution in [0.5, 0.6) is 5.75 Å². The lowest BCUT2D eigenvalue weighted by atomic mass is 10.1. The van der Waals surface area contributed by atoms with E-state index in [0.717, 1.165) is 22.4 Å². The van der Waals surface area contributed by atoms with Crippen molar-refractivity contribution < 1.29 is 14.3 Å². The van der Waals surface area contributed by atoms with Crippen molar-refractivity contribution in [3.8, 4) is 11.8 Å². The van der Waals surface area contributed by atoms with E-state index in [1.807, 2.05) is 63.2 Å². The molecule has 3 rings (SSSR count). The highest BCUT2D eigenvalue weighted by Gasteiger charge is 2.12. The van der Waals surface area contributed by atoms with Crippen molar-refractivity contribution in [1.29, 1.82) is 5.26 Å². The van der Waals surface area contributed by atoms with Gasteiger partial charge < -0.3 is 15.4 Å². The second-order valence-corrected chi connectivity index (χ2v) is 8.64. The standard InChI is InChI=1S/C27H24BrN3O3/c1-17-8-9-19(3)24(12-17)30-26(32)16-34-25-11-10-20(14-22(25)28)13-21(15-29)27(33)31-23-7-5-4-6-18(23)2/h4-14H,16H2,1-3H3,(H,30,32)(H,31,33)/b21-13-. The van der Waals surface area contributed by atoms with Gasteiger partial charge in [0.1, 0.15) is 17.4 Å². The smallest absolute Gasteiger partial charge is 0.266 e. The largest absolute Gasteiger partial charge is 0.483 e. The van der Waals surface area contributed by atoms with Gasteiger partial charge in [-0.05, 0) is 89.3 Å². The highest BCUT2D eigenvalue weighted by atomic mass is 79.9. The van der Waals surface area contributed by atoms with Gasteiger partial charge in [0.2, 0.25) is 0 Å². The minimum atomic E-state index is -0.489. The van der Waals surface area contributed by atoms with Crippen LogP contribution in [0, 0.1) is 32.1 Å². The molecule has 0 spiro atoms. The molecule has 3 aromatic rings. The number of amides is 2. The maximum atomic E-state index is 12.5. The van der Waals surface area contributed by atoms with Crippen LogP contribution in [-0.2, 0) is 9.59 Å². The number of para-hydroxylation sites is 1. The minimum absolute atomic E-state index is 0.0308. The van der Waals surface area contributed by atoms with Gasteiger partial charge in [-0.1, -0.05) is 36.4 Å². The Morgan fingerprint density at radius 2 is 1.71 bits per heavy atom. The Labute approximate surface area is 207 Å². The number of carbonyl (C=O) groups excluding carboxylic acids is 2. The van der Waals surface area contributed by atoms with Crippen LogP contribution in [0.4, 0.5) is 11.4 Å². The summed E-state index contributed by atoms with van der Waals surface area (Å²) < 4.78 is 6.24. The van der Waals surface area contributed by atoms with Gasteiger partial charge in [0.25, 0.3) is 11.8 Å². The van der Waals surface area contributed by atoms with Crippen LogP contribution in [0.2, 0.25) is 0 Å². The zero-order chi connectivity index (χ0) is 24.7. The molecular formula is C27H24BrN3O3. The minimum Gasteiger partial charge on any atom is -0.483 e. The van der Waals surface area contributed by atoms with Gasteiger partial charge >= 0.3 is 0 Å². The third-order valence-corrected chi connectivity index (χ3v) is 5.67. The van der Waals surface area contributed by atoms with Crippen molar-refractivity contribution in [2.24, 2.45) is 0 Å². The summed E-state index contributed by atoms with van der Waals surface area (Å²) in [4.78, 5) is 24.9. The van der Waals surface area contributed by atoms with Gasteiger partial charge in [0, 0.05) is 11.4 Å². The summed E-state index contributed by atoms with van der Waals surface area (Å²) in [6, 6.07) is 20.2. The number of hydrogen-bond acceptors (Lipinski definition) is 4. The summed E-state index contributed by atoms with van der Waals surface area (Å²) in [5, 5.41) is 15.1. The number of hydrogen-bond donors (Lipinski definition) is 2. The Balaban J connectivity index is 1.65. The molecule has 0 bridgehead atoms. The van der Waals surface area contributed by atoms with Crippen molar-refractivity contribution in [3.05, 3.63) is 93.0 Å². The first-order valence-corrected chi connectivity index (χ1v) is 11.3. The molecule has 3 aromatic carbocycles. The first-order valence-electron chi connectivity index (χ1n) is 10.5. The van der Waals surface area contributed by atoms with Crippen molar-refractivity contribution in [3.63, 3.8) is 0 Å².